The van der Waals surface area contributed by atoms with E-state index in [9.17, 15) is 4.39 Å². The first-order chi connectivity index (χ1) is 5.90. The summed E-state index contributed by atoms with van der Waals surface area (Å²) in [7, 11) is 0. The highest BCUT2D eigenvalue weighted by Crippen LogP contribution is 2.24. The van der Waals surface area contributed by atoms with Crippen LogP contribution in [0.4, 0.5) is 4.39 Å². The fourth-order valence-corrected chi connectivity index (χ4v) is 2.44. The molecule has 2 rings (SSSR count). The molecule has 2 saturated heterocycles. The molecule has 0 aromatic rings. The van der Waals surface area contributed by atoms with Gasteiger partial charge in [-0.15, -0.1) is 0 Å². The van der Waals surface area contributed by atoms with Gasteiger partial charge in [0.05, 0.1) is 0 Å². The van der Waals surface area contributed by atoms with Crippen LogP contribution in [0.25, 0.3) is 0 Å². The van der Waals surface area contributed by atoms with Crippen molar-refractivity contribution in [1.82, 2.24) is 10.2 Å². The first-order valence-corrected chi connectivity index (χ1v) is 4.92. The molecule has 0 aliphatic carbocycles. The van der Waals surface area contributed by atoms with Crippen LogP contribution in [0.5, 0.6) is 0 Å². The topological polar surface area (TPSA) is 15.3 Å². The molecule has 1 N–H and O–H groups in total. The van der Waals surface area contributed by atoms with E-state index in [0.29, 0.717) is 12.6 Å². The predicted octanol–water partition coefficient (Wildman–Crippen LogP) is 0.640. The Morgan fingerprint density at radius 1 is 1.42 bits per heavy atom. The maximum absolute atomic E-state index is 12.1. The van der Waals surface area contributed by atoms with Crippen molar-refractivity contribution >= 4 is 0 Å². The molecule has 2 heterocycles. The van der Waals surface area contributed by atoms with Crippen molar-refractivity contribution in [3.8, 4) is 0 Å². The first-order valence-electron chi connectivity index (χ1n) is 4.92. The monoisotopic (exact) mass is 172 g/mol. The Balaban J connectivity index is 1.85. The molecule has 0 spiro atoms. The smallest absolute Gasteiger partial charge is 0.102 e. The summed E-state index contributed by atoms with van der Waals surface area (Å²) >= 11 is 0. The van der Waals surface area contributed by atoms with Crippen LogP contribution in [0, 0.1) is 5.92 Å². The molecule has 3 heteroatoms. The van der Waals surface area contributed by atoms with Gasteiger partial charge in [0.25, 0.3) is 0 Å². The van der Waals surface area contributed by atoms with E-state index in [4.69, 9.17) is 0 Å². The van der Waals surface area contributed by atoms with Crippen LogP contribution in [-0.2, 0) is 0 Å². The molecule has 0 aromatic heterocycles. The second kappa shape index (κ2) is 3.71. The van der Waals surface area contributed by atoms with E-state index >= 15 is 0 Å². The molecule has 2 fully saturated rings. The quantitative estimate of drug-likeness (QED) is 0.657. The Morgan fingerprint density at radius 3 is 3.08 bits per heavy atom. The van der Waals surface area contributed by atoms with Crippen LogP contribution in [0.3, 0.4) is 0 Å². The Labute approximate surface area is 73.1 Å². The molecule has 2 atom stereocenters. The summed E-state index contributed by atoms with van der Waals surface area (Å²) < 4.78 is 12.1. The van der Waals surface area contributed by atoms with Crippen molar-refractivity contribution in [3.63, 3.8) is 0 Å². The van der Waals surface area contributed by atoms with Gasteiger partial charge in [-0.25, -0.2) is 4.39 Å². The average Bonchev–Trinajstić information content (AvgIpc) is 2.47. The maximum Gasteiger partial charge on any atom is 0.102 e. The predicted molar refractivity (Wildman–Crippen MR) is 46.9 cm³/mol. The van der Waals surface area contributed by atoms with E-state index in [1.807, 2.05) is 0 Å². The molecule has 2 nitrogen and oxygen atoms in total. The molecule has 2 aliphatic rings. The van der Waals surface area contributed by atoms with E-state index < -0.39 is 0 Å². The normalized spacial score (nSPS) is 36.8. The summed E-state index contributed by atoms with van der Waals surface area (Å²) in [5.74, 6) is 0.797. The lowest BCUT2D eigenvalue weighted by molar-refractivity contribution is 0.286. The van der Waals surface area contributed by atoms with Gasteiger partial charge in [-0.05, 0) is 25.3 Å². The minimum absolute atomic E-state index is 0.195. The van der Waals surface area contributed by atoms with Gasteiger partial charge in [-0.1, -0.05) is 0 Å². The number of alkyl halides is 1. The van der Waals surface area contributed by atoms with E-state index in [-0.39, 0.29) is 6.67 Å². The number of nitrogens with zero attached hydrogens (tertiary/aromatic N) is 1. The summed E-state index contributed by atoms with van der Waals surface area (Å²) in [6, 6.07) is 0.658. The van der Waals surface area contributed by atoms with Crippen molar-refractivity contribution in [1.29, 1.82) is 0 Å². The minimum Gasteiger partial charge on any atom is -0.312 e. The molecule has 2 unspecified atom stereocenters. The van der Waals surface area contributed by atoms with Gasteiger partial charge in [0.1, 0.15) is 6.67 Å². The number of hydrogen-bond donors (Lipinski definition) is 1. The molecule has 0 radical (unpaired) electrons. The van der Waals surface area contributed by atoms with E-state index in [1.54, 1.807) is 0 Å². The molecule has 70 valence electrons. The van der Waals surface area contributed by atoms with Gasteiger partial charge >= 0.3 is 0 Å². The number of piperidine rings is 1. The second-order valence-electron chi connectivity index (χ2n) is 3.91. The Morgan fingerprint density at radius 2 is 2.33 bits per heavy atom. The highest BCUT2D eigenvalue weighted by Gasteiger charge is 2.33. The van der Waals surface area contributed by atoms with Crippen LogP contribution in [0.15, 0.2) is 0 Å². The average molecular weight is 172 g/mol. The third-order valence-corrected chi connectivity index (χ3v) is 3.08. The molecule has 0 aromatic carbocycles. The fraction of sp³-hybridized carbons (Fsp3) is 1.00. The van der Waals surface area contributed by atoms with Gasteiger partial charge < -0.3 is 5.32 Å². The highest BCUT2D eigenvalue weighted by molar-refractivity contribution is 4.91. The van der Waals surface area contributed by atoms with Gasteiger partial charge in [-0.3, -0.25) is 4.90 Å². The van der Waals surface area contributed by atoms with Crippen LogP contribution in [0.1, 0.15) is 12.8 Å². The number of nitrogens with one attached hydrogen (secondary N) is 1. The van der Waals surface area contributed by atoms with Crippen LogP contribution < -0.4 is 5.32 Å². The lowest BCUT2D eigenvalue weighted by Crippen LogP contribution is -2.40. The SMILES string of the molecule is FCCN1CC2CCCNC2C1. The summed E-state index contributed by atoms with van der Waals surface area (Å²) in [4.78, 5) is 2.24. The zero-order valence-electron chi connectivity index (χ0n) is 7.43. The number of hydrogen-bond acceptors (Lipinski definition) is 2. The Bertz CT molecular complexity index is 137. The second-order valence-corrected chi connectivity index (χ2v) is 3.91. The van der Waals surface area contributed by atoms with Gasteiger partial charge in [0, 0.05) is 25.7 Å². The molecule has 12 heavy (non-hydrogen) atoms. The molecule has 0 amide bonds. The Hall–Kier alpha value is -0.150. The van der Waals surface area contributed by atoms with Crippen molar-refractivity contribution in [2.45, 2.75) is 18.9 Å². The number of rotatable bonds is 2. The van der Waals surface area contributed by atoms with Gasteiger partial charge in [0.15, 0.2) is 0 Å². The molecule has 0 saturated carbocycles. The van der Waals surface area contributed by atoms with Gasteiger partial charge in [-0.2, -0.15) is 0 Å². The molecule has 2 aliphatic heterocycles. The third kappa shape index (κ3) is 1.62. The van der Waals surface area contributed by atoms with E-state index in [2.05, 4.69) is 10.2 Å². The lowest BCUT2D eigenvalue weighted by Gasteiger charge is -2.24. The summed E-state index contributed by atoms with van der Waals surface area (Å²) in [6.07, 6.45) is 2.63. The summed E-state index contributed by atoms with van der Waals surface area (Å²) in [5.41, 5.74) is 0. The fourth-order valence-electron chi connectivity index (χ4n) is 2.44. The number of likely N-dealkylation sites (tertiary alicyclic amines) is 1. The summed E-state index contributed by atoms with van der Waals surface area (Å²) in [5, 5.41) is 3.51. The van der Waals surface area contributed by atoms with Crippen molar-refractivity contribution < 1.29 is 4.39 Å². The standard InChI is InChI=1S/C9H17FN2/c10-3-5-12-6-8-2-1-4-11-9(8)7-12/h8-9,11H,1-7H2. The van der Waals surface area contributed by atoms with Crippen molar-refractivity contribution in [2.24, 2.45) is 5.92 Å². The van der Waals surface area contributed by atoms with Crippen molar-refractivity contribution in [2.75, 3.05) is 32.9 Å². The third-order valence-electron chi connectivity index (χ3n) is 3.08. The number of halogens is 1. The molecular formula is C9H17FN2. The highest BCUT2D eigenvalue weighted by atomic mass is 19.1. The maximum atomic E-state index is 12.1. The zero-order valence-corrected chi connectivity index (χ0v) is 7.43. The molecule has 0 bridgehead atoms. The largest absolute Gasteiger partial charge is 0.312 e. The minimum atomic E-state index is -0.195. The Kier molecular flexibility index (Phi) is 2.61. The van der Waals surface area contributed by atoms with Crippen LogP contribution in [-0.4, -0.2) is 43.8 Å². The number of fused-ring (bicyclic) bond motifs is 1. The summed E-state index contributed by atoms with van der Waals surface area (Å²) in [6.45, 7) is 3.77. The van der Waals surface area contributed by atoms with Crippen LogP contribution in [0.2, 0.25) is 0 Å². The lowest BCUT2D eigenvalue weighted by atomic mass is 9.94. The van der Waals surface area contributed by atoms with E-state index in [1.165, 1.54) is 12.8 Å². The first kappa shape index (κ1) is 8.45. The molecular weight excluding hydrogens is 155 g/mol. The van der Waals surface area contributed by atoms with Crippen molar-refractivity contribution in [3.05, 3.63) is 0 Å². The van der Waals surface area contributed by atoms with E-state index in [0.717, 1.165) is 25.6 Å². The van der Waals surface area contributed by atoms with Gasteiger partial charge in [0.2, 0.25) is 0 Å². The van der Waals surface area contributed by atoms with Crippen LogP contribution >= 0.6 is 0 Å². The zero-order chi connectivity index (χ0) is 8.39.